The number of nitrogen functional groups attached to an aromatic ring is 1. The third kappa shape index (κ3) is 4.70. The Labute approximate surface area is 153 Å². The zero-order chi connectivity index (χ0) is 18.5. The summed E-state index contributed by atoms with van der Waals surface area (Å²) < 4.78 is 10.5. The molecule has 0 fully saturated rings. The van der Waals surface area contributed by atoms with Crippen molar-refractivity contribution in [2.75, 3.05) is 17.8 Å². The molecule has 1 aliphatic heterocycles. The van der Waals surface area contributed by atoms with Gasteiger partial charge >= 0.3 is 0 Å². The number of nitrogens with zero attached hydrogens (tertiary/aromatic N) is 2. The van der Waals surface area contributed by atoms with E-state index in [0.717, 1.165) is 0 Å². The number of anilines is 2. The number of ether oxygens (including phenoxy) is 2. The van der Waals surface area contributed by atoms with E-state index in [1.165, 1.54) is 11.3 Å². The minimum absolute atomic E-state index is 0.0401. The number of nitrogens with one attached hydrogen (secondary N) is 2. The fraction of sp³-hybridized carbons (Fsp3) is 0.250. The van der Waals surface area contributed by atoms with Crippen molar-refractivity contribution in [3.63, 3.8) is 0 Å². The fourth-order valence-electron chi connectivity index (χ4n) is 2.22. The second-order valence-electron chi connectivity index (χ2n) is 5.53. The van der Waals surface area contributed by atoms with Crippen LogP contribution in [-0.4, -0.2) is 29.3 Å². The third-order valence-corrected chi connectivity index (χ3v) is 4.08. The highest BCUT2D eigenvalue weighted by molar-refractivity contribution is 7.13. The summed E-state index contributed by atoms with van der Waals surface area (Å²) in [5, 5.41) is 8.79. The number of nitrogens with two attached hydrogens (primary N) is 1. The van der Waals surface area contributed by atoms with Crippen molar-refractivity contribution in [2.45, 2.75) is 19.8 Å². The summed E-state index contributed by atoms with van der Waals surface area (Å²) in [5.41, 5.74) is 9.56. The Hall–Kier alpha value is -3.14. The molecule has 2 aromatic rings. The molecule has 0 atom stereocenters. The van der Waals surface area contributed by atoms with E-state index in [-0.39, 0.29) is 31.4 Å². The Morgan fingerprint density at radius 3 is 2.88 bits per heavy atom. The van der Waals surface area contributed by atoms with Crippen molar-refractivity contribution < 1.29 is 19.1 Å². The topological polar surface area (TPSA) is 128 Å². The molecule has 0 saturated carbocycles. The molecular formula is C16H17N5O4S. The molecule has 3 rings (SSSR count). The maximum Gasteiger partial charge on any atom is 0.246 e. The second kappa shape index (κ2) is 7.83. The van der Waals surface area contributed by atoms with Gasteiger partial charge in [-0.15, -0.1) is 11.3 Å². The van der Waals surface area contributed by atoms with E-state index in [1.54, 1.807) is 30.5 Å². The lowest BCUT2D eigenvalue weighted by Gasteiger charge is -2.06. The van der Waals surface area contributed by atoms with Gasteiger partial charge < -0.3 is 20.5 Å². The number of thiazole rings is 1. The fourth-order valence-corrected chi connectivity index (χ4v) is 2.78. The zero-order valence-electron chi connectivity index (χ0n) is 13.9. The van der Waals surface area contributed by atoms with Gasteiger partial charge in [0.15, 0.2) is 16.6 Å². The van der Waals surface area contributed by atoms with Crippen molar-refractivity contribution in [2.24, 2.45) is 5.10 Å². The summed E-state index contributed by atoms with van der Waals surface area (Å²) in [7, 11) is 0. The predicted octanol–water partition coefficient (Wildman–Crippen LogP) is 1.52. The van der Waals surface area contributed by atoms with E-state index in [1.807, 2.05) is 0 Å². The van der Waals surface area contributed by atoms with Gasteiger partial charge in [0.1, 0.15) is 0 Å². The number of carbonyl (C=O) groups excluding carboxylic acids is 2. The van der Waals surface area contributed by atoms with Crippen LogP contribution < -0.4 is 25.9 Å². The third-order valence-electron chi connectivity index (χ3n) is 3.36. The van der Waals surface area contributed by atoms with Gasteiger partial charge in [-0.3, -0.25) is 9.59 Å². The first-order valence-electron chi connectivity index (χ1n) is 7.71. The van der Waals surface area contributed by atoms with Crippen LogP contribution in [0.25, 0.3) is 0 Å². The van der Waals surface area contributed by atoms with E-state index in [0.29, 0.717) is 33.7 Å². The van der Waals surface area contributed by atoms with Crippen molar-refractivity contribution in [3.05, 3.63) is 29.3 Å². The lowest BCUT2D eigenvalue weighted by Crippen LogP contribution is -2.23. The number of hydrazone groups is 1. The quantitative estimate of drug-likeness (QED) is 0.519. The van der Waals surface area contributed by atoms with Crippen LogP contribution in [0.4, 0.5) is 10.8 Å². The Balaban J connectivity index is 1.47. The van der Waals surface area contributed by atoms with E-state index in [4.69, 9.17) is 15.2 Å². The average Bonchev–Trinajstić information content (AvgIpc) is 3.21. The van der Waals surface area contributed by atoms with Gasteiger partial charge in [0, 0.05) is 22.8 Å². The van der Waals surface area contributed by atoms with Gasteiger partial charge in [-0.1, -0.05) is 0 Å². The Morgan fingerprint density at radius 2 is 2.12 bits per heavy atom. The smallest absolute Gasteiger partial charge is 0.246 e. The first kappa shape index (κ1) is 17.7. The molecule has 4 N–H and O–H groups in total. The highest BCUT2D eigenvalue weighted by atomic mass is 32.1. The van der Waals surface area contributed by atoms with E-state index >= 15 is 0 Å². The predicted molar refractivity (Wildman–Crippen MR) is 97.3 cm³/mol. The second-order valence-corrected chi connectivity index (χ2v) is 6.42. The zero-order valence-corrected chi connectivity index (χ0v) is 14.8. The van der Waals surface area contributed by atoms with Gasteiger partial charge in [0.2, 0.25) is 18.6 Å². The number of carbonyl (C=O) groups is 2. The molecule has 0 aliphatic carbocycles. The van der Waals surface area contributed by atoms with Crippen LogP contribution in [-0.2, 0) is 16.0 Å². The lowest BCUT2D eigenvalue weighted by molar-refractivity contribution is -0.120. The molecule has 0 unspecified atom stereocenters. The van der Waals surface area contributed by atoms with Crippen LogP contribution >= 0.6 is 11.3 Å². The van der Waals surface area contributed by atoms with Gasteiger partial charge in [0.25, 0.3) is 0 Å². The Bertz CT molecular complexity index is 864. The van der Waals surface area contributed by atoms with Gasteiger partial charge in [-0.05, 0) is 19.1 Å². The van der Waals surface area contributed by atoms with Crippen molar-refractivity contribution in [1.29, 1.82) is 0 Å². The molecule has 10 heteroatoms. The van der Waals surface area contributed by atoms with Gasteiger partial charge in [0.05, 0.1) is 18.5 Å². The monoisotopic (exact) mass is 375 g/mol. The van der Waals surface area contributed by atoms with Crippen LogP contribution in [0.5, 0.6) is 11.5 Å². The molecule has 0 bridgehead atoms. The largest absolute Gasteiger partial charge is 0.454 e. The number of fused-ring (bicyclic) bond motifs is 1. The normalized spacial score (nSPS) is 12.7. The molecule has 26 heavy (non-hydrogen) atoms. The standard InChI is InChI=1S/C16H17N5O4S/c1-9(20-21-15(23)6-11-7-26-16(17)19-11)4-14(22)18-10-2-3-12-13(5-10)25-8-24-12/h2-3,5,7H,4,6,8H2,1H3,(H2,17,19)(H,18,22)(H,21,23). The molecule has 0 saturated heterocycles. The van der Waals surface area contributed by atoms with Crippen molar-refractivity contribution >= 4 is 39.7 Å². The van der Waals surface area contributed by atoms with Gasteiger partial charge in [-0.25, -0.2) is 10.4 Å². The molecule has 9 nitrogen and oxygen atoms in total. The Morgan fingerprint density at radius 1 is 1.31 bits per heavy atom. The molecule has 2 heterocycles. The van der Waals surface area contributed by atoms with Crippen LogP contribution in [0.2, 0.25) is 0 Å². The number of hydrogen-bond donors (Lipinski definition) is 3. The lowest BCUT2D eigenvalue weighted by atomic mass is 10.2. The number of rotatable bonds is 6. The maximum absolute atomic E-state index is 12.1. The first-order chi connectivity index (χ1) is 12.5. The van der Waals surface area contributed by atoms with Crippen LogP contribution in [0.1, 0.15) is 19.0 Å². The van der Waals surface area contributed by atoms with Crippen molar-refractivity contribution in [3.8, 4) is 11.5 Å². The summed E-state index contributed by atoms with van der Waals surface area (Å²) in [4.78, 5) is 27.9. The van der Waals surface area contributed by atoms with Crippen LogP contribution in [0, 0.1) is 0 Å². The summed E-state index contributed by atoms with van der Waals surface area (Å²) in [5.74, 6) is 0.644. The Kier molecular flexibility index (Phi) is 5.32. The van der Waals surface area contributed by atoms with Crippen LogP contribution in [0.3, 0.4) is 0 Å². The highest BCUT2D eigenvalue weighted by Crippen LogP contribution is 2.34. The minimum atomic E-state index is -0.328. The van der Waals surface area contributed by atoms with E-state index in [9.17, 15) is 9.59 Å². The molecule has 0 radical (unpaired) electrons. The summed E-state index contributed by atoms with van der Waals surface area (Å²) in [6.45, 7) is 1.83. The molecule has 1 aliphatic rings. The number of hydrogen-bond acceptors (Lipinski definition) is 8. The number of aromatic nitrogens is 1. The average molecular weight is 375 g/mol. The first-order valence-corrected chi connectivity index (χ1v) is 8.59. The minimum Gasteiger partial charge on any atom is -0.454 e. The molecule has 2 amide bonds. The highest BCUT2D eigenvalue weighted by Gasteiger charge is 2.14. The number of benzene rings is 1. The summed E-state index contributed by atoms with van der Waals surface area (Å²) in [6, 6.07) is 5.14. The van der Waals surface area contributed by atoms with E-state index in [2.05, 4.69) is 20.8 Å². The molecule has 0 spiro atoms. The summed E-state index contributed by atoms with van der Waals surface area (Å²) >= 11 is 1.27. The molecular weight excluding hydrogens is 358 g/mol. The van der Waals surface area contributed by atoms with E-state index < -0.39 is 0 Å². The SMILES string of the molecule is CC(CC(=O)Nc1ccc2c(c1)OCO2)=NNC(=O)Cc1csc(N)n1. The molecule has 1 aromatic carbocycles. The van der Waals surface area contributed by atoms with Gasteiger partial charge in [-0.2, -0.15) is 5.10 Å². The van der Waals surface area contributed by atoms with Crippen LogP contribution in [0.15, 0.2) is 28.7 Å². The maximum atomic E-state index is 12.1. The molecule has 136 valence electrons. The van der Waals surface area contributed by atoms with Crippen molar-refractivity contribution in [1.82, 2.24) is 10.4 Å². The number of amides is 2. The molecule has 1 aromatic heterocycles. The summed E-state index contributed by atoms with van der Waals surface area (Å²) in [6.07, 6.45) is 0.117.